The highest BCUT2D eigenvalue weighted by Crippen LogP contribution is 2.23. The van der Waals surface area contributed by atoms with Crippen molar-refractivity contribution in [2.45, 2.75) is 27.2 Å². The average Bonchev–Trinajstić information content (AvgIpc) is 2.31. The molecule has 0 spiro atoms. The van der Waals surface area contributed by atoms with Crippen LogP contribution in [-0.2, 0) is 0 Å². The van der Waals surface area contributed by atoms with Gasteiger partial charge in [0.2, 0.25) is 0 Å². The summed E-state index contributed by atoms with van der Waals surface area (Å²) in [5, 5.41) is 17.8. The van der Waals surface area contributed by atoms with Crippen LogP contribution < -0.4 is 4.74 Å². The molecule has 0 bridgehead atoms. The van der Waals surface area contributed by atoms with E-state index in [9.17, 15) is 4.79 Å². The Kier molecular flexibility index (Phi) is 4.33. The van der Waals surface area contributed by atoms with Gasteiger partial charge in [-0.15, -0.1) is 0 Å². The van der Waals surface area contributed by atoms with E-state index in [4.69, 9.17) is 15.1 Å². The number of carboxylic acid groups (broad SMARTS) is 1. The van der Waals surface area contributed by atoms with E-state index in [-0.39, 0.29) is 5.56 Å². The van der Waals surface area contributed by atoms with Gasteiger partial charge in [-0.1, -0.05) is 6.07 Å². The van der Waals surface area contributed by atoms with Crippen molar-refractivity contribution in [3.05, 3.63) is 29.3 Å². The zero-order valence-electron chi connectivity index (χ0n) is 10.9. The highest BCUT2D eigenvalue weighted by Gasteiger charge is 2.16. The summed E-state index contributed by atoms with van der Waals surface area (Å²) in [4.78, 5) is 10.8. The number of nitriles is 1. The highest BCUT2D eigenvalue weighted by atomic mass is 16.5. The summed E-state index contributed by atoms with van der Waals surface area (Å²) < 4.78 is 5.55. The van der Waals surface area contributed by atoms with E-state index in [1.165, 1.54) is 6.07 Å². The molecule has 1 N–H and O–H groups in total. The quantitative estimate of drug-likeness (QED) is 0.868. The molecule has 0 aliphatic rings. The van der Waals surface area contributed by atoms with Gasteiger partial charge in [0.1, 0.15) is 5.75 Å². The molecule has 4 nitrogen and oxygen atoms in total. The van der Waals surface area contributed by atoms with Crippen molar-refractivity contribution >= 4 is 5.97 Å². The second-order valence-corrected chi connectivity index (χ2v) is 4.88. The van der Waals surface area contributed by atoms with Gasteiger partial charge in [-0.2, -0.15) is 5.26 Å². The summed E-state index contributed by atoms with van der Waals surface area (Å²) >= 11 is 0. The Morgan fingerprint density at radius 3 is 2.72 bits per heavy atom. The molecule has 0 atom stereocenters. The van der Waals surface area contributed by atoms with Crippen molar-refractivity contribution in [1.29, 1.82) is 5.26 Å². The van der Waals surface area contributed by atoms with Crippen molar-refractivity contribution in [2.24, 2.45) is 5.41 Å². The largest absolute Gasteiger partial charge is 0.493 e. The van der Waals surface area contributed by atoms with Crippen molar-refractivity contribution in [1.82, 2.24) is 0 Å². The molecule has 0 aliphatic heterocycles. The number of rotatable bonds is 5. The van der Waals surface area contributed by atoms with Crippen LogP contribution in [0.2, 0.25) is 0 Å². The van der Waals surface area contributed by atoms with Gasteiger partial charge >= 0.3 is 5.97 Å². The summed E-state index contributed by atoms with van der Waals surface area (Å²) in [7, 11) is 0. The number of aryl methyl sites for hydroxylation is 1. The molecule has 0 saturated heterocycles. The molecule has 0 saturated carbocycles. The van der Waals surface area contributed by atoms with Crippen LogP contribution in [0.25, 0.3) is 0 Å². The lowest BCUT2D eigenvalue weighted by molar-refractivity contribution is 0.0696. The van der Waals surface area contributed by atoms with Crippen LogP contribution in [0.15, 0.2) is 18.2 Å². The molecular formula is C14H17NO3. The maximum atomic E-state index is 10.8. The van der Waals surface area contributed by atoms with Gasteiger partial charge in [0.25, 0.3) is 0 Å². The Morgan fingerprint density at radius 2 is 2.17 bits per heavy atom. The van der Waals surface area contributed by atoms with E-state index in [2.05, 4.69) is 6.07 Å². The van der Waals surface area contributed by atoms with Gasteiger partial charge in [-0.3, -0.25) is 0 Å². The molecule has 1 aromatic carbocycles. The monoisotopic (exact) mass is 247 g/mol. The number of ether oxygens (including phenoxy) is 1. The predicted octanol–water partition coefficient (Wildman–Crippen LogP) is 3.01. The maximum Gasteiger partial charge on any atom is 0.335 e. The number of hydrogen-bond acceptors (Lipinski definition) is 3. The van der Waals surface area contributed by atoms with Gasteiger partial charge in [-0.05, 0) is 44.9 Å². The summed E-state index contributed by atoms with van der Waals surface area (Å²) in [5.74, 6) is -0.416. The lowest BCUT2D eigenvalue weighted by atomic mass is 9.92. The van der Waals surface area contributed by atoms with Gasteiger partial charge < -0.3 is 9.84 Å². The van der Waals surface area contributed by atoms with E-state index in [0.29, 0.717) is 18.8 Å². The molecule has 0 aromatic heterocycles. The normalized spacial score (nSPS) is 10.8. The lowest BCUT2D eigenvalue weighted by Crippen LogP contribution is -2.13. The minimum atomic E-state index is -0.975. The average molecular weight is 247 g/mol. The molecule has 4 heteroatoms. The number of benzene rings is 1. The Balaban J connectivity index is 2.71. The number of nitrogens with zero attached hydrogens (tertiary/aromatic N) is 1. The second kappa shape index (κ2) is 5.54. The van der Waals surface area contributed by atoms with E-state index < -0.39 is 11.4 Å². The topological polar surface area (TPSA) is 70.3 Å². The van der Waals surface area contributed by atoms with Crippen molar-refractivity contribution in [2.75, 3.05) is 6.61 Å². The second-order valence-electron chi connectivity index (χ2n) is 4.88. The minimum absolute atomic E-state index is 0.204. The van der Waals surface area contributed by atoms with Crippen LogP contribution >= 0.6 is 0 Å². The van der Waals surface area contributed by atoms with E-state index in [1.807, 2.05) is 20.8 Å². The molecule has 1 aromatic rings. The van der Waals surface area contributed by atoms with Crippen LogP contribution in [0, 0.1) is 23.7 Å². The van der Waals surface area contributed by atoms with Crippen LogP contribution in [0.4, 0.5) is 0 Å². The Labute approximate surface area is 107 Å². The third-order valence-electron chi connectivity index (χ3n) is 2.72. The Morgan fingerprint density at radius 1 is 1.50 bits per heavy atom. The van der Waals surface area contributed by atoms with Gasteiger partial charge in [0.15, 0.2) is 0 Å². The summed E-state index contributed by atoms with van der Waals surface area (Å²) in [6.45, 7) is 5.94. The molecule has 0 aliphatic carbocycles. The number of hydrogen-bond donors (Lipinski definition) is 1. The first-order chi connectivity index (χ1) is 8.35. The standard InChI is InChI=1S/C14H17NO3/c1-10-4-5-11(13(16)17)8-12(10)18-7-6-14(2,3)9-15/h4-5,8H,6-7H2,1-3H3,(H,16,17). The molecule has 0 radical (unpaired) electrons. The first-order valence-electron chi connectivity index (χ1n) is 5.74. The predicted molar refractivity (Wildman–Crippen MR) is 67.6 cm³/mol. The Hall–Kier alpha value is -2.02. The van der Waals surface area contributed by atoms with Crippen LogP contribution in [0.5, 0.6) is 5.75 Å². The van der Waals surface area contributed by atoms with Crippen molar-refractivity contribution in [3.8, 4) is 11.8 Å². The third-order valence-corrected chi connectivity index (χ3v) is 2.72. The molecule has 0 fully saturated rings. The van der Waals surface area contributed by atoms with Gasteiger partial charge in [-0.25, -0.2) is 4.79 Å². The third kappa shape index (κ3) is 3.77. The summed E-state index contributed by atoms with van der Waals surface area (Å²) in [6.07, 6.45) is 0.597. The Bertz CT molecular complexity index is 486. The van der Waals surface area contributed by atoms with E-state index in [1.54, 1.807) is 12.1 Å². The zero-order chi connectivity index (χ0) is 13.8. The molecular weight excluding hydrogens is 230 g/mol. The zero-order valence-corrected chi connectivity index (χ0v) is 10.9. The SMILES string of the molecule is Cc1ccc(C(=O)O)cc1OCCC(C)(C)C#N. The molecule has 0 heterocycles. The number of carbonyl (C=O) groups is 1. The summed E-state index contributed by atoms with van der Waals surface area (Å²) in [5.41, 5.74) is 0.656. The van der Waals surface area contributed by atoms with Crippen LogP contribution in [0.1, 0.15) is 36.2 Å². The van der Waals surface area contributed by atoms with Crippen LogP contribution in [-0.4, -0.2) is 17.7 Å². The van der Waals surface area contributed by atoms with Gasteiger partial charge in [0, 0.05) is 0 Å². The fourth-order valence-electron chi connectivity index (χ4n) is 1.36. The molecule has 0 amide bonds. The summed E-state index contributed by atoms with van der Waals surface area (Å²) in [6, 6.07) is 6.97. The number of carboxylic acids is 1. The highest BCUT2D eigenvalue weighted by molar-refractivity contribution is 5.88. The first-order valence-corrected chi connectivity index (χ1v) is 5.74. The van der Waals surface area contributed by atoms with E-state index in [0.717, 1.165) is 5.56 Å². The fourth-order valence-corrected chi connectivity index (χ4v) is 1.36. The number of aromatic carboxylic acids is 1. The fraction of sp³-hybridized carbons (Fsp3) is 0.429. The smallest absolute Gasteiger partial charge is 0.335 e. The first kappa shape index (κ1) is 14.0. The van der Waals surface area contributed by atoms with Gasteiger partial charge in [0.05, 0.1) is 23.7 Å². The van der Waals surface area contributed by atoms with Crippen LogP contribution in [0.3, 0.4) is 0 Å². The van der Waals surface area contributed by atoms with E-state index >= 15 is 0 Å². The van der Waals surface area contributed by atoms with Crippen molar-refractivity contribution in [3.63, 3.8) is 0 Å². The molecule has 0 unspecified atom stereocenters. The maximum absolute atomic E-state index is 10.8. The van der Waals surface area contributed by atoms with Crippen molar-refractivity contribution < 1.29 is 14.6 Å². The lowest BCUT2D eigenvalue weighted by Gasteiger charge is -2.16. The minimum Gasteiger partial charge on any atom is -0.493 e. The molecule has 96 valence electrons. The molecule has 18 heavy (non-hydrogen) atoms. The molecule has 1 rings (SSSR count).